The number of carbonyl (C=O) groups excluding carboxylic acids is 2. The van der Waals surface area contributed by atoms with Crippen LogP contribution in [0.5, 0.6) is 5.75 Å². The third-order valence-corrected chi connectivity index (χ3v) is 7.32. The molecular formula is C29H34N4O4. The van der Waals surface area contributed by atoms with E-state index in [1.165, 1.54) is 0 Å². The maximum Gasteiger partial charge on any atom is 0.332 e. The molecule has 1 saturated carbocycles. The van der Waals surface area contributed by atoms with Gasteiger partial charge in [0.25, 0.3) is 0 Å². The number of fused-ring (bicyclic) bond motifs is 1. The van der Waals surface area contributed by atoms with E-state index < -0.39 is 5.54 Å². The number of esters is 1. The van der Waals surface area contributed by atoms with Gasteiger partial charge in [-0.2, -0.15) is 0 Å². The van der Waals surface area contributed by atoms with Crippen LogP contribution in [0, 0.1) is 5.92 Å². The van der Waals surface area contributed by atoms with E-state index in [9.17, 15) is 9.59 Å². The van der Waals surface area contributed by atoms with Crippen LogP contribution in [0.25, 0.3) is 11.3 Å². The number of carbonyl (C=O) groups is 2. The number of ether oxygens (including phenoxy) is 2. The average Bonchev–Trinajstić information content (AvgIpc) is 3.62. The summed E-state index contributed by atoms with van der Waals surface area (Å²) in [4.78, 5) is 26.5. The molecule has 2 atom stereocenters. The molecule has 0 aliphatic heterocycles. The average molecular weight is 503 g/mol. The van der Waals surface area contributed by atoms with E-state index in [1.807, 2.05) is 73.3 Å². The van der Waals surface area contributed by atoms with Crippen LogP contribution in [-0.2, 0) is 27.2 Å². The summed E-state index contributed by atoms with van der Waals surface area (Å²) in [5.41, 5.74) is 2.75. The van der Waals surface area contributed by atoms with Crippen molar-refractivity contribution in [3.05, 3.63) is 65.9 Å². The van der Waals surface area contributed by atoms with Crippen LogP contribution in [0.15, 0.2) is 54.7 Å². The highest BCUT2D eigenvalue weighted by atomic mass is 16.5. The number of hydrogen-bond donors (Lipinski definition) is 1. The molecule has 1 heterocycles. The molecule has 1 fully saturated rings. The van der Waals surface area contributed by atoms with Gasteiger partial charge in [0, 0.05) is 24.3 Å². The number of aromatic nitrogens is 3. The molecule has 8 heteroatoms. The lowest BCUT2D eigenvalue weighted by Crippen LogP contribution is -2.57. The van der Waals surface area contributed by atoms with Gasteiger partial charge >= 0.3 is 5.97 Å². The smallest absolute Gasteiger partial charge is 0.332 e. The molecule has 1 N–H and O–H groups in total. The van der Waals surface area contributed by atoms with Crippen molar-refractivity contribution in [1.29, 1.82) is 0 Å². The highest BCUT2D eigenvalue weighted by Gasteiger charge is 2.47. The lowest BCUT2D eigenvalue weighted by atomic mass is 9.94. The van der Waals surface area contributed by atoms with E-state index in [2.05, 4.69) is 15.6 Å². The van der Waals surface area contributed by atoms with Gasteiger partial charge in [-0.1, -0.05) is 41.6 Å². The van der Waals surface area contributed by atoms with Crippen LogP contribution >= 0.6 is 0 Å². The van der Waals surface area contributed by atoms with E-state index in [0.29, 0.717) is 19.3 Å². The zero-order valence-electron chi connectivity index (χ0n) is 21.6. The van der Waals surface area contributed by atoms with E-state index in [0.717, 1.165) is 41.0 Å². The van der Waals surface area contributed by atoms with E-state index in [-0.39, 0.29) is 36.5 Å². The highest BCUT2D eigenvalue weighted by Crippen LogP contribution is 2.38. The van der Waals surface area contributed by atoms with Crippen LogP contribution in [-0.4, -0.2) is 45.1 Å². The first kappa shape index (κ1) is 25.0. The van der Waals surface area contributed by atoms with Crippen molar-refractivity contribution < 1.29 is 19.1 Å². The second kappa shape index (κ2) is 10.4. The standard InChI is InChI=1S/C29H34N4O4/c1-4-36-28(35)29(16-21-9-5-6-10-22(21)17-29)30-27(34)20-13-14-23(15-20)33-18-25(31-32-33)24-11-7-8-12-26(24)37-19(2)3/h5-12,18-20,23H,4,13-17H2,1-3H3,(H,30,34). The molecule has 0 spiro atoms. The Labute approximate surface area is 217 Å². The van der Waals surface area contributed by atoms with Gasteiger partial charge in [0.2, 0.25) is 5.91 Å². The second-order valence-electron chi connectivity index (χ2n) is 10.3. The topological polar surface area (TPSA) is 95.3 Å². The van der Waals surface area contributed by atoms with Crippen molar-refractivity contribution in [1.82, 2.24) is 20.3 Å². The largest absolute Gasteiger partial charge is 0.490 e. The lowest BCUT2D eigenvalue weighted by Gasteiger charge is -2.29. The zero-order chi connectivity index (χ0) is 26.0. The maximum atomic E-state index is 13.4. The quantitative estimate of drug-likeness (QED) is 0.462. The Bertz CT molecular complexity index is 1260. The molecule has 37 heavy (non-hydrogen) atoms. The van der Waals surface area contributed by atoms with E-state index >= 15 is 0 Å². The second-order valence-corrected chi connectivity index (χ2v) is 10.3. The third kappa shape index (κ3) is 5.10. The summed E-state index contributed by atoms with van der Waals surface area (Å²) in [6, 6.07) is 15.8. The number of nitrogens with zero attached hydrogens (tertiary/aromatic N) is 3. The monoisotopic (exact) mass is 502 g/mol. The fourth-order valence-corrected chi connectivity index (χ4v) is 5.56. The summed E-state index contributed by atoms with van der Waals surface area (Å²) in [6.07, 6.45) is 5.08. The van der Waals surface area contributed by atoms with Crippen molar-refractivity contribution in [3.8, 4) is 17.0 Å². The fraction of sp³-hybridized carbons (Fsp3) is 0.448. The fourth-order valence-electron chi connectivity index (χ4n) is 5.56. The summed E-state index contributed by atoms with van der Waals surface area (Å²) in [5, 5.41) is 11.9. The molecule has 0 radical (unpaired) electrons. The lowest BCUT2D eigenvalue weighted by molar-refractivity contribution is -0.153. The summed E-state index contributed by atoms with van der Waals surface area (Å²) in [5.74, 6) is 0.107. The van der Waals surface area contributed by atoms with Gasteiger partial charge in [0.1, 0.15) is 17.0 Å². The van der Waals surface area contributed by atoms with Crippen LogP contribution in [0.2, 0.25) is 0 Å². The molecule has 2 aromatic carbocycles. The minimum atomic E-state index is -1.05. The molecule has 2 aliphatic rings. The van der Waals surface area contributed by atoms with Crippen LogP contribution in [0.1, 0.15) is 57.2 Å². The molecule has 8 nitrogen and oxygen atoms in total. The summed E-state index contributed by atoms with van der Waals surface area (Å²) in [6.45, 7) is 6.05. The van der Waals surface area contributed by atoms with Crippen LogP contribution in [0.4, 0.5) is 0 Å². The van der Waals surface area contributed by atoms with Crippen LogP contribution in [0.3, 0.4) is 0 Å². The molecule has 1 aromatic heterocycles. The van der Waals surface area contributed by atoms with Crippen molar-refractivity contribution in [3.63, 3.8) is 0 Å². The Morgan fingerprint density at radius 3 is 2.49 bits per heavy atom. The maximum absolute atomic E-state index is 13.4. The van der Waals surface area contributed by atoms with E-state index in [1.54, 1.807) is 6.92 Å². The third-order valence-electron chi connectivity index (χ3n) is 7.32. The van der Waals surface area contributed by atoms with Gasteiger partial charge in [-0.3, -0.25) is 4.79 Å². The Hall–Kier alpha value is -3.68. The zero-order valence-corrected chi connectivity index (χ0v) is 21.6. The first-order valence-corrected chi connectivity index (χ1v) is 13.1. The van der Waals surface area contributed by atoms with Gasteiger partial charge < -0.3 is 14.8 Å². The van der Waals surface area contributed by atoms with Gasteiger partial charge in [0.05, 0.1) is 24.9 Å². The number of para-hydroxylation sites is 1. The minimum absolute atomic E-state index is 0.0517. The van der Waals surface area contributed by atoms with Gasteiger partial charge in [-0.05, 0) is 63.3 Å². The molecule has 1 amide bonds. The van der Waals surface area contributed by atoms with Gasteiger partial charge in [-0.15, -0.1) is 5.10 Å². The minimum Gasteiger partial charge on any atom is -0.490 e. The molecule has 5 rings (SSSR count). The molecule has 0 bridgehead atoms. The predicted octanol–water partition coefficient (Wildman–Crippen LogP) is 4.29. The Morgan fingerprint density at radius 1 is 1.08 bits per heavy atom. The molecule has 3 aromatic rings. The highest BCUT2D eigenvalue weighted by molar-refractivity contribution is 5.90. The Morgan fingerprint density at radius 2 is 1.78 bits per heavy atom. The number of rotatable bonds is 8. The number of hydrogen-bond acceptors (Lipinski definition) is 6. The summed E-state index contributed by atoms with van der Waals surface area (Å²) < 4.78 is 13.2. The number of benzene rings is 2. The van der Waals surface area contributed by atoms with Gasteiger partial charge in [0.15, 0.2) is 0 Å². The van der Waals surface area contributed by atoms with Crippen molar-refractivity contribution >= 4 is 11.9 Å². The Kier molecular flexibility index (Phi) is 7.00. The first-order chi connectivity index (χ1) is 17.9. The van der Waals surface area contributed by atoms with Crippen LogP contribution < -0.4 is 10.1 Å². The SMILES string of the molecule is CCOC(=O)C1(NC(=O)C2CCC(n3cc(-c4ccccc4OC(C)C)nn3)C2)Cc2ccccc2C1. The van der Waals surface area contributed by atoms with E-state index in [4.69, 9.17) is 9.47 Å². The molecule has 0 saturated heterocycles. The molecule has 194 valence electrons. The molecular weight excluding hydrogens is 468 g/mol. The van der Waals surface area contributed by atoms with Crippen molar-refractivity contribution in [2.24, 2.45) is 5.92 Å². The summed E-state index contributed by atoms with van der Waals surface area (Å²) in [7, 11) is 0. The molecule has 2 unspecified atom stereocenters. The Balaban J connectivity index is 1.28. The molecule has 2 aliphatic carbocycles. The summed E-state index contributed by atoms with van der Waals surface area (Å²) >= 11 is 0. The number of nitrogens with one attached hydrogen (secondary N) is 1. The van der Waals surface area contributed by atoms with Gasteiger partial charge in [-0.25, -0.2) is 9.48 Å². The van der Waals surface area contributed by atoms with Crippen molar-refractivity contribution in [2.75, 3.05) is 6.61 Å². The number of amides is 1. The van der Waals surface area contributed by atoms with Crippen molar-refractivity contribution in [2.45, 2.75) is 70.6 Å². The normalized spacial score (nSPS) is 20.0. The predicted molar refractivity (Wildman–Crippen MR) is 139 cm³/mol. The first-order valence-electron chi connectivity index (χ1n) is 13.1.